The van der Waals surface area contributed by atoms with Crippen LogP contribution in [0.1, 0.15) is 38.8 Å². The number of ether oxygens (including phenoxy) is 1. The van der Waals surface area contributed by atoms with Gasteiger partial charge in [0, 0.05) is 31.7 Å². The maximum atomic E-state index is 8.95. The van der Waals surface area contributed by atoms with Crippen LogP contribution in [0.5, 0.6) is 0 Å². The quantitative estimate of drug-likeness (QED) is 0.908. The van der Waals surface area contributed by atoms with Gasteiger partial charge in [0.15, 0.2) is 0 Å². The van der Waals surface area contributed by atoms with Gasteiger partial charge in [-0.25, -0.2) is 0 Å². The van der Waals surface area contributed by atoms with Crippen molar-refractivity contribution in [1.29, 1.82) is 5.26 Å². The summed E-state index contributed by atoms with van der Waals surface area (Å²) in [4.78, 5) is 2.50. The molecule has 2 rings (SSSR count). The van der Waals surface area contributed by atoms with Gasteiger partial charge in [-0.3, -0.25) is 4.90 Å². The minimum absolute atomic E-state index is 0.0825. The zero-order valence-corrected chi connectivity index (χ0v) is 14.1. The smallest absolute Gasteiger partial charge is 0.0991 e. The van der Waals surface area contributed by atoms with Crippen LogP contribution in [-0.4, -0.2) is 42.3 Å². The van der Waals surface area contributed by atoms with E-state index in [0.29, 0.717) is 0 Å². The number of rotatable bonds is 5. The predicted molar refractivity (Wildman–Crippen MR) is 88.5 cm³/mol. The maximum Gasteiger partial charge on any atom is 0.0991 e. The highest BCUT2D eigenvalue weighted by Gasteiger charge is 2.32. The summed E-state index contributed by atoms with van der Waals surface area (Å²) < 4.78 is 5.82. The highest BCUT2D eigenvalue weighted by molar-refractivity contribution is 5.32. The first kappa shape index (κ1) is 17.0. The molecule has 1 aromatic rings. The van der Waals surface area contributed by atoms with Gasteiger partial charge < -0.3 is 10.1 Å². The Bertz CT molecular complexity index is 525. The largest absolute Gasteiger partial charge is 0.373 e. The van der Waals surface area contributed by atoms with E-state index in [9.17, 15) is 0 Å². The number of morpholine rings is 1. The molecule has 1 saturated heterocycles. The van der Waals surface area contributed by atoms with Gasteiger partial charge in [0.25, 0.3) is 0 Å². The van der Waals surface area contributed by atoms with Gasteiger partial charge in [-0.05, 0) is 45.4 Å². The van der Waals surface area contributed by atoms with Crippen molar-refractivity contribution in [2.75, 3.05) is 19.6 Å². The Labute approximate surface area is 134 Å². The monoisotopic (exact) mass is 301 g/mol. The van der Waals surface area contributed by atoms with Crippen molar-refractivity contribution in [2.24, 2.45) is 0 Å². The first-order valence-corrected chi connectivity index (χ1v) is 8.01. The van der Waals surface area contributed by atoms with Crippen LogP contribution in [0.25, 0.3) is 0 Å². The number of hydrogen-bond donors (Lipinski definition) is 1. The highest BCUT2D eigenvalue weighted by Crippen LogP contribution is 2.20. The van der Waals surface area contributed by atoms with E-state index in [1.165, 1.54) is 0 Å². The Kier molecular flexibility index (Phi) is 5.57. The fourth-order valence-corrected chi connectivity index (χ4v) is 3.05. The molecule has 0 spiro atoms. The number of nitriles is 1. The Morgan fingerprint density at radius 3 is 2.64 bits per heavy atom. The first-order chi connectivity index (χ1) is 10.4. The summed E-state index contributed by atoms with van der Waals surface area (Å²) in [6.45, 7) is 12.5. The van der Waals surface area contributed by atoms with Gasteiger partial charge in [-0.2, -0.15) is 5.26 Å². The average Bonchev–Trinajstić information content (AvgIpc) is 2.46. The summed E-state index contributed by atoms with van der Waals surface area (Å²) >= 11 is 0. The van der Waals surface area contributed by atoms with Gasteiger partial charge in [-0.15, -0.1) is 0 Å². The molecule has 22 heavy (non-hydrogen) atoms. The fraction of sp³-hybridized carbons (Fsp3) is 0.611. The van der Waals surface area contributed by atoms with Crippen LogP contribution in [0, 0.1) is 11.3 Å². The molecular weight excluding hydrogens is 274 g/mol. The second-order valence-electron chi connectivity index (χ2n) is 6.89. The summed E-state index contributed by atoms with van der Waals surface area (Å²) in [6, 6.07) is 9.96. The lowest BCUT2D eigenvalue weighted by Gasteiger charge is -2.45. The topological polar surface area (TPSA) is 48.3 Å². The Morgan fingerprint density at radius 1 is 1.32 bits per heavy atom. The molecule has 0 bridgehead atoms. The predicted octanol–water partition coefficient (Wildman–Crippen LogP) is 2.54. The molecule has 1 heterocycles. The minimum atomic E-state index is 0.0825. The van der Waals surface area contributed by atoms with E-state index in [1.54, 1.807) is 0 Å². The normalized spacial score (nSPS) is 23.2. The van der Waals surface area contributed by atoms with Crippen molar-refractivity contribution < 1.29 is 4.74 Å². The molecule has 0 unspecified atom stereocenters. The summed E-state index contributed by atoms with van der Waals surface area (Å²) in [5.41, 5.74) is 1.95. The van der Waals surface area contributed by atoms with Crippen molar-refractivity contribution in [3.8, 4) is 6.07 Å². The third-order valence-corrected chi connectivity index (χ3v) is 4.22. The van der Waals surface area contributed by atoms with Gasteiger partial charge in [0.05, 0.1) is 23.8 Å². The lowest BCUT2D eigenvalue weighted by molar-refractivity contribution is -0.0952. The first-order valence-electron chi connectivity index (χ1n) is 8.01. The van der Waals surface area contributed by atoms with Crippen LogP contribution in [-0.2, 0) is 11.3 Å². The van der Waals surface area contributed by atoms with E-state index in [4.69, 9.17) is 10.00 Å². The molecular formula is C18H27N3O. The molecule has 120 valence electrons. The third-order valence-electron chi connectivity index (χ3n) is 4.22. The number of hydrogen-bond acceptors (Lipinski definition) is 4. The van der Waals surface area contributed by atoms with Crippen LogP contribution in [0.3, 0.4) is 0 Å². The highest BCUT2D eigenvalue weighted by atomic mass is 16.5. The number of benzene rings is 1. The van der Waals surface area contributed by atoms with E-state index in [1.807, 2.05) is 18.2 Å². The molecule has 4 heteroatoms. The average molecular weight is 301 g/mol. The van der Waals surface area contributed by atoms with Crippen molar-refractivity contribution >= 4 is 0 Å². The van der Waals surface area contributed by atoms with E-state index in [0.717, 1.165) is 37.3 Å². The second kappa shape index (κ2) is 7.23. The van der Waals surface area contributed by atoms with E-state index >= 15 is 0 Å². The van der Waals surface area contributed by atoms with Crippen LogP contribution < -0.4 is 5.32 Å². The van der Waals surface area contributed by atoms with Crippen molar-refractivity contribution in [2.45, 2.75) is 52.0 Å². The van der Waals surface area contributed by atoms with Gasteiger partial charge in [0.1, 0.15) is 0 Å². The molecule has 0 radical (unpaired) electrons. The molecule has 1 aliphatic heterocycles. The molecule has 1 aromatic carbocycles. The second-order valence-corrected chi connectivity index (χ2v) is 6.89. The van der Waals surface area contributed by atoms with Crippen molar-refractivity contribution in [3.63, 3.8) is 0 Å². The standard InChI is InChI=1S/C18H27N3O/c1-14-11-21(12-15(2)22-14)18(3,4)13-20-10-17-7-5-6-16(8-17)9-19/h5-8,14-15,20H,10-13H2,1-4H3/t14-,15+. The summed E-state index contributed by atoms with van der Waals surface area (Å²) in [5, 5.41) is 12.5. The summed E-state index contributed by atoms with van der Waals surface area (Å²) in [6.07, 6.45) is 0.575. The SMILES string of the molecule is C[C@@H]1CN(C(C)(C)CNCc2cccc(C#N)c2)C[C@H](C)O1. The maximum absolute atomic E-state index is 8.95. The molecule has 0 saturated carbocycles. The summed E-state index contributed by atoms with van der Waals surface area (Å²) in [5.74, 6) is 0. The fourth-order valence-electron chi connectivity index (χ4n) is 3.05. The van der Waals surface area contributed by atoms with Crippen molar-refractivity contribution in [1.82, 2.24) is 10.2 Å². The van der Waals surface area contributed by atoms with Gasteiger partial charge >= 0.3 is 0 Å². The molecule has 1 aliphatic rings. The minimum Gasteiger partial charge on any atom is -0.373 e. The Morgan fingerprint density at radius 2 is 2.00 bits per heavy atom. The molecule has 2 atom stereocenters. The van der Waals surface area contributed by atoms with E-state index < -0.39 is 0 Å². The van der Waals surface area contributed by atoms with Crippen LogP contribution >= 0.6 is 0 Å². The Balaban J connectivity index is 1.88. The van der Waals surface area contributed by atoms with Crippen LogP contribution in [0.2, 0.25) is 0 Å². The molecule has 1 fully saturated rings. The van der Waals surface area contributed by atoms with Crippen LogP contribution in [0.15, 0.2) is 24.3 Å². The molecule has 0 amide bonds. The van der Waals surface area contributed by atoms with E-state index in [-0.39, 0.29) is 17.7 Å². The lowest BCUT2D eigenvalue weighted by atomic mass is 10.00. The molecule has 0 aliphatic carbocycles. The zero-order valence-electron chi connectivity index (χ0n) is 14.1. The Hall–Kier alpha value is -1.41. The van der Waals surface area contributed by atoms with Crippen molar-refractivity contribution in [3.05, 3.63) is 35.4 Å². The summed E-state index contributed by atoms with van der Waals surface area (Å²) in [7, 11) is 0. The van der Waals surface area contributed by atoms with E-state index in [2.05, 4.69) is 50.0 Å². The molecule has 0 aromatic heterocycles. The lowest BCUT2D eigenvalue weighted by Crippen LogP contribution is -2.58. The zero-order chi connectivity index (χ0) is 16.2. The van der Waals surface area contributed by atoms with Gasteiger partial charge in [0.2, 0.25) is 0 Å². The number of nitrogens with one attached hydrogen (secondary N) is 1. The third kappa shape index (κ3) is 4.54. The van der Waals surface area contributed by atoms with Crippen LogP contribution in [0.4, 0.5) is 0 Å². The molecule has 1 N–H and O–H groups in total. The van der Waals surface area contributed by atoms with Gasteiger partial charge in [-0.1, -0.05) is 12.1 Å². The number of nitrogens with zero attached hydrogens (tertiary/aromatic N) is 2. The molecule has 4 nitrogen and oxygen atoms in total.